The standard InChI is InChI=1S/C15H15FO/c16-13-7-1-10(2-8-13)9-14-11-3-5-12(6-4-11)15(14)17/h1-3,5,7-8,11-12,14H,4,6,9H2. The second-order valence-electron chi connectivity index (χ2n) is 5.07. The number of hydrogen-bond acceptors (Lipinski definition) is 1. The molecule has 3 atom stereocenters. The van der Waals surface area contributed by atoms with Crippen LogP contribution in [0.15, 0.2) is 36.4 Å². The Labute approximate surface area is 100 Å². The van der Waals surface area contributed by atoms with Crippen molar-refractivity contribution < 1.29 is 9.18 Å². The van der Waals surface area contributed by atoms with Gasteiger partial charge >= 0.3 is 0 Å². The first kappa shape index (κ1) is 10.7. The Morgan fingerprint density at radius 3 is 2.47 bits per heavy atom. The van der Waals surface area contributed by atoms with Crippen LogP contribution < -0.4 is 0 Å². The van der Waals surface area contributed by atoms with Crippen molar-refractivity contribution in [3.05, 3.63) is 47.8 Å². The summed E-state index contributed by atoms with van der Waals surface area (Å²) in [6.45, 7) is 0. The van der Waals surface area contributed by atoms with Crippen LogP contribution in [-0.4, -0.2) is 5.78 Å². The van der Waals surface area contributed by atoms with Crippen LogP contribution in [0.5, 0.6) is 0 Å². The van der Waals surface area contributed by atoms with Crippen molar-refractivity contribution in [2.45, 2.75) is 19.3 Å². The minimum absolute atomic E-state index is 0.115. The smallest absolute Gasteiger partial charge is 0.143 e. The van der Waals surface area contributed by atoms with Crippen molar-refractivity contribution in [1.29, 1.82) is 0 Å². The normalized spacial score (nSPS) is 30.9. The van der Waals surface area contributed by atoms with E-state index in [2.05, 4.69) is 12.2 Å². The maximum Gasteiger partial charge on any atom is 0.143 e. The Hall–Kier alpha value is -1.44. The first-order valence-electron chi connectivity index (χ1n) is 6.20. The zero-order valence-corrected chi connectivity index (χ0v) is 9.60. The summed E-state index contributed by atoms with van der Waals surface area (Å²) in [6.07, 6.45) is 7.16. The van der Waals surface area contributed by atoms with E-state index in [9.17, 15) is 9.18 Å². The zero-order chi connectivity index (χ0) is 11.8. The Balaban J connectivity index is 1.79. The van der Waals surface area contributed by atoms with E-state index in [1.807, 2.05) is 0 Å². The molecule has 0 aliphatic heterocycles. The van der Waals surface area contributed by atoms with Gasteiger partial charge in [-0.1, -0.05) is 24.3 Å². The lowest BCUT2D eigenvalue weighted by Gasteiger charge is -2.36. The van der Waals surface area contributed by atoms with Crippen LogP contribution in [0.1, 0.15) is 18.4 Å². The summed E-state index contributed by atoms with van der Waals surface area (Å²) < 4.78 is 12.8. The molecule has 0 spiro atoms. The van der Waals surface area contributed by atoms with Crippen LogP contribution in [0.2, 0.25) is 0 Å². The Bertz CT molecular complexity index is 460. The molecule has 1 aromatic rings. The van der Waals surface area contributed by atoms with E-state index < -0.39 is 0 Å². The van der Waals surface area contributed by atoms with Gasteiger partial charge in [0.2, 0.25) is 0 Å². The monoisotopic (exact) mass is 230 g/mol. The second-order valence-corrected chi connectivity index (χ2v) is 5.07. The summed E-state index contributed by atoms with van der Waals surface area (Å²) in [6, 6.07) is 6.51. The van der Waals surface area contributed by atoms with E-state index in [0.29, 0.717) is 11.7 Å². The predicted molar refractivity (Wildman–Crippen MR) is 64.0 cm³/mol. The molecular weight excluding hydrogens is 215 g/mol. The van der Waals surface area contributed by atoms with Crippen molar-refractivity contribution >= 4 is 5.78 Å². The molecule has 1 aromatic carbocycles. The maximum absolute atomic E-state index is 12.8. The van der Waals surface area contributed by atoms with Crippen molar-refractivity contribution in [2.24, 2.45) is 17.8 Å². The number of rotatable bonds is 2. The fourth-order valence-electron chi connectivity index (χ4n) is 3.03. The summed E-state index contributed by atoms with van der Waals surface area (Å²) in [4.78, 5) is 12.1. The highest BCUT2D eigenvalue weighted by molar-refractivity contribution is 5.87. The molecule has 1 saturated carbocycles. The van der Waals surface area contributed by atoms with Crippen LogP contribution in [0.25, 0.3) is 0 Å². The van der Waals surface area contributed by atoms with E-state index in [1.165, 1.54) is 12.1 Å². The lowest BCUT2D eigenvalue weighted by Crippen LogP contribution is -2.38. The van der Waals surface area contributed by atoms with Gasteiger partial charge in [-0.05, 0) is 42.9 Å². The largest absolute Gasteiger partial charge is 0.299 e. The number of Topliss-reactive ketones (excluding diaryl/α,β-unsaturated/α-hetero) is 1. The molecule has 1 nitrogen and oxygen atoms in total. The average Bonchev–Trinajstić information content (AvgIpc) is 2.37. The summed E-state index contributed by atoms with van der Waals surface area (Å²) in [5, 5.41) is 0. The Morgan fingerprint density at radius 1 is 1.12 bits per heavy atom. The van der Waals surface area contributed by atoms with Gasteiger partial charge in [0.15, 0.2) is 0 Å². The molecule has 0 radical (unpaired) electrons. The number of fused-ring (bicyclic) bond motifs is 2. The Kier molecular flexibility index (Phi) is 2.58. The van der Waals surface area contributed by atoms with Gasteiger partial charge in [0.25, 0.3) is 0 Å². The number of hydrogen-bond donors (Lipinski definition) is 0. The molecule has 0 saturated heterocycles. The minimum Gasteiger partial charge on any atom is -0.299 e. The van der Waals surface area contributed by atoms with E-state index >= 15 is 0 Å². The molecule has 4 rings (SSSR count). The number of carbonyl (C=O) groups is 1. The summed E-state index contributed by atoms with van der Waals surface area (Å²) in [5.74, 6) is 0.824. The van der Waals surface area contributed by atoms with Gasteiger partial charge in [-0.15, -0.1) is 0 Å². The molecule has 88 valence electrons. The van der Waals surface area contributed by atoms with Crippen molar-refractivity contribution in [1.82, 2.24) is 0 Å². The Morgan fingerprint density at radius 2 is 1.88 bits per heavy atom. The number of allylic oxidation sites excluding steroid dienone is 2. The van der Waals surface area contributed by atoms with E-state index in [0.717, 1.165) is 24.8 Å². The van der Waals surface area contributed by atoms with Crippen LogP contribution in [0.4, 0.5) is 4.39 Å². The third-order valence-electron chi connectivity index (χ3n) is 4.02. The molecule has 3 unspecified atom stereocenters. The molecular formula is C15H15FO. The number of halogens is 1. The lowest BCUT2D eigenvalue weighted by atomic mass is 9.66. The van der Waals surface area contributed by atoms with Gasteiger partial charge in [0, 0.05) is 11.8 Å². The highest BCUT2D eigenvalue weighted by Gasteiger charge is 2.38. The third kappa shape index (κ3) is 1.92. The SMILES string of the molecule is O=C1C2C=CC(CC2)C1Cc1ccc(F)cc1. The van der Waals surface area contributed by atoms with Crippen LogP contribution in [-0.2, 0) is 11.2 Å². The molecule has 2 bridgehead atoms. The topological polar surface area (TPSA) is 17.1 Å². The third-order valence-corrected chi connectivity index (χ3v) is 4.02. The summed E-state index contributed by atoms with van der Waals surface area (Å²) >= 11 is 0. The molecule has 0 aromatic heterocycles. The van der Waals surface area contributed by atoms with Gasteiger partial charge in [-0.3, -0.25) is 4.79 Å². The summed E-state index contributed by atoms with van der Waals surface area (Å²) in [5.41, 5.74) is 1.06. The number of benzene rings is 1. The number of carbonyl (C=O) groups excluding carboxylic acids is 1. The van der Waals surface area contributed by atoms with Crippen molar-refractivity contribution in [2.75, 3.05) is 0 Å². The van der Waals surface area contributed by atoms with Gasteiger partial charge in [0.1, 0.15) is 11.6 Å². The van der Waals surface area contributed by atoms with Gasteiger partial charge in [-0.2, -0.15) is 0 Å². The average molecular weight is 230 g/mol. The molecule has 3 aliphatic rings. The molecule has 1 fully saturated rings. The van der Waals surface area contributed by atoms with Gasteiger partial charge < -0.3 is 0 Å². The van der Waals surface area contributed by atoms with Gasteiger partial charge in [0.05, 0.1) is 0 Å². The van der Waals surface area contributed by atoms with E-state index in [4.69, 9.17) is 0 Å². The number of ketones is 1. The fourth-order valence-corrected chi connectivity index (χ4v) is 3.03. The molecule has 3 aliphatic carbocycles. The van der Waals surface area contributed by atoms with E-state index in [1.54, 1.807) is 12.1 Å². The van der Waals surface area contributed by atoms with Crippen LogP contribution in [0.3, 0.4) is 0 Å². The lowest BCUT2D eigenvalue weighted by molar-refractivity contribution is -0.129. The van der Waals surface area contributed by atoms with Crippen molar-refractivity contribution in [3.8, 4) is 0 Å². The molecule has 0 heterocycles. The minimum atomic E-state index is -0.217. The summed E-state index contributed by atoms with van der Waals surface area (Å²) in [7, 11) is 0. The van der Waals surface area contributed by atoms with Crippen molar-refractivity contribution in [3.63, 3.8) is 0 Å². The highest BCUT2D eigenvalue weighted by atomic mass is 19.1. The second kappa shape index (κ2) is 4.10. The molecule has 0 amide bonds. The zero-order valence-electron chi connectivity index (χ0n) is 9.60. The first-order valence-corrected chi connectivity index (χ1v) is 6.20. The molecule has 0 N–H and O–H groups in total. The quantitative estimate of drug-likeness (QED) is 0.713. The predicted octanol–water partition coefficient (Wildman–Crippen LogP) is 3.15. The maximum atomic E-state index is 12.8. The fraction of sp³-hybridized carbons (Fsp3) is 0.400. The first-order chi connectivity index (χ1) is 8.24. The molecule has 2 heteroatoms. The molecule has 17 heavy (non-hydrogen) atoms. The van der Waals surface area contributed by atoms with E-state index in [-0.39, 0.29) is 17.7 Å². The van der Waals surface area contributed by atoms with Crippen LogP contribution in [0, 0.1) is 23.6 Å². The van der Waals surface area contributed by atoms with Gasteiger partial charge in [-0.25, -0.2) is 4.39 Å². The highest BCUT2D eigenvalue weighted by Crippen LogP contribution is 2.39. The van der Waals surface area contributed by atoms with Crippen LogP contribution >= 0.6 is 0 Å².